The molecular formula is C31H38N2O9S. The quantitative estimate of drug-likeness (QED) is 0.370. The minimum Gasteiger partial charge on any atom is -0.497 e. The standard InChI is InChI=1S/C31H38N2O9S/c1-31(2,3)42-30(36)33(4)29-32-25-27(40-18-20-9-13-22(38-6)14-10-20)26(23(15-16-24(34)35)41-28(25)43-29)39-17-19-7-11-21(37-5)12-8-19/h7-16,23,25-28H,17-18H2,1-6H3,(H,34,35)/b16-15+/t23-,25-,26-,27-,28-/m1/s1. The second-order valence-corrected chi connectivity index (χ2v) is 12.0. The van der Waals surface area contributed by atoms with Crippen LogP contribution in [-0.2, 0) is 37.0 Å². The second-order valence-electron chi connectivity index (χ2n) is 11.0. The molecule has 12 heteroatoms. The maximum Gasteiger partial charge on any atom is 0.416 e. The van der Waals surface area contributed by atoms with Gasteiger partial charge in [0.2, 0.25) is 0 Å². The molecule has 1 saturated heterocycles. The van der Waals surface area contributed by atoms with E-state index in [1.807, 2.05) is 48.5 Å². The van der Waals surface area contributed by atoms with Gasteiger partial charge >= 0.3 is 12.1 Å². The van der Waals surface area contributed by atoms with Crippen molar-refractivity contribution in [2.45, 2.75) is 69.4 Å². The van der Waals surface area contributed by atoms with Gasteiger partial charge in [-0.25, -0.2) is 9.59 Å². The first-order valence-corrected chi connectivity index (χ1v) is 14.6. The molecule has 1 N–H and O–H groups in total. The molecule has 1 amide bonds. The molecule has 2 heterocycles. The number of amidine groups is 1. The minimum absolute atomic E-state index is 0.205. The Morgan fingerprint density at radius 2 is 1.49 bits per heavy atom. The van der Waals surface area contributed by atoms with E-state index in [1.54, 1.807) is 42.0 Å². The summed E-state index contributed by atoms with van der Waals surface area (Å²) in [5, 5.41) is 9.78. The van der Waals surface area contributed by atoms with Crippen molar-refractivity contribution in [1.82, 2.24) is 4.90 Å². The van der Waals surface area contributed by atoms with Crippen molar-refractivity contribution in [3.63, 3.8) is 0 Å². The van der Waals surface area contributed by atoms with Crippen molar-refractivity contribution in [2.24, 2.45) is 4.99 Å². The first-order chi connectivity index (χ1) is 20.5. The number of aliphatic imine (C=N–C) groups is 1. The largest absolute Gasteiger partial charge is 0.497 e. The summed E-state index contributed by atoms with van der Waals surface area (Å²) in [7, 11) is 4.79. The van der Waals surface area contributed by atoms with Crippen LogP contribution in [0.4, 0.5) is 4.79 Å². The zero-order chi connectivity index (χ0) is 31.1. The first kappa shape index (κ1) is 32.3. The van der Waals surface area contributed by atoms with Gasteiger partial charge in [0.15, 0.2) is 5.17 Å². The second kappa shape index (κ2) is 14.3. The first-order valence-electron chi connectivity index (χ1n) is 13.7. The van der Waals surface area contributed by atoms with Gasteiger partial charge < -0.3 is 33.5 Å². The summed E-state index contributed by atoms with van der Waals surface area (Å²) in [6.45, 7) is 5.80. The Labute approximate surface area is 255 Å². The van der Waals surface area contributed by atoms with Crippen molar-refractivity contribution in [1.29, 1.82) is 0 Å². The maximum atomic E-state index is 12.8. The van der Waals surface area contributed by atoms with E-state index in [4.69, 9.17) is 33.4 Å². The zero-order valence-corrected chi connectivity index (χ0v) is 25.9. The maximum absolute atomic E-state index is 12.8. The molecule has 2 aliphatic heterocycles. The highest BCUT2D eigenvalue weighted by Crippen LogP contribution is 2.40. The van der Waals surface area contributed by atoms with Crippen molar-refractivity contribution >= 4 is 29.0 Å². The van der Waals surface area contributed by atoms with E-state index in [0.29, 0.717) is 5.17 Å². The van der Waals surface area contributed by atoms with Crippen LogP contribution in [0.15, 0.2) is 65.7 Å². The number of nitrogens with zero attached hydrogens (tertiary/aromatic N) is 2. The average molecular weight is 615 g/mol. The van der Waals surface area contributed by atoms with Crippen LogP contribution in [0.1, 0.15) is 31.9 Å². The third-order valence-electron chi connectivity index (χ3n) is 6.62. The van der Waals surface area contributed by atoms with E-state index in [0.717, 1.165) is 28.7 Å². The Kier molecular flexibility index (Phi) is 10.7. The molecule has 0 spiro atoms. The van der Waals surface area contributed by atoms with Crippen LogP contribution in [0.5, 0.6) is 11.5 Å². The molecule has 0 aromatic heterocycles. The number of thioether (sulfide) groups is 1. The molecule has 11 nitrogen and oxygen atoms in total. The van der Waals surface area contributed by atoms with Gasteiger partial charge in [0.05, 0.1) is 27.4 Å². The summed E-state index contributed by atoms with van der Waals surface area (Å²) in [4.78, 5) is 30.5. The van der Waals surface area contributed by atoms with E-state index in [2.05, 4.69) is 0 Å². The van der Waals surface area contributed by atoms with Crippen molar-refractivity contribution < 1.29 is 43.1 Å². The SMILES string of the molecule is COc1ccc(CO[C@@H]2[C@H]3N=C(N(C)C(=O)OC(C)(C)C)S[C@H]3O[C@H](/C=C/C(=O)O)[C@H]2OCc2ccc(OC)cc2)cc1. The van der Waals surface area contributed by atoms with E-state index >= 15 is 0 Å². The fraction of sp³-hybridized carbons (Fsp3) is 0.452. The molecule has 0 radical (unpaired) electrons. The number of carbonyl (C=O) groups is 2. The van der Waals surface area contributed by atoms with Gasteiger partial charge in [-0.1, -0.05) is 36.0 Å². The number of hydrogen-bond acceptors (Lipinski definition) is 10. The summed E-state index contributed by atoms with van der Waals surface area (Å²) in [6.07, 6.45) is -0.221. The zero-order valence-electron chi connectivity index (χ0n) is 25.1. The number of carbonyl (C=O) groups excluding carboxylic acids is 1. The van der Waals surface area contributed by atoms with Crippen LogP contribution in [-0.4, -0.2) is 83.9 Å². The monoisotopic (exact) mass is 614 g/mol. The van der Waals surface area contributed by atoms with Gasteiger partial charge in [-0.2, -0.15) is 0 Å². The summed E-state index contributed by atoms with van der Waals surface area (Å²) in [5.74, 6) is 0.326. The van der Waals surface area contributed by atoms with Crippen LogP contribution in [0.3, 0.4) is 0 Å². The van der Waals surface area contributed by atoms with Crippen LogP contribution >= 0.6 is 11.8 Å². The normalized spacial score (nSPS) is 23.4. The Balaban J connectivity index is 1.63. The number of ether oxygens (including phenoxy) is 6. The molecule has 2 aromatic rings. The highest BCUT2D eigenvalue weighted by molar-refractivity contribution is 8.14. The fourth-order valence-electron chi connectivity index (χ4n) is 4.46. The van der Waals surface area contributed by atoms with Crippen molar-refractivity contribution in [3.8, 4) is 11.5 Å². The number of rotatable bonds is 10. The number of amides is 1. The number of hydrogen-bond donors (Lipinski definition) is 1. The number of methoxy groups -OCH3 is 2. The topological polar surface area (TPSA) is 125 Å². The van der Waals surface area contributed by atoms with Gasteiger partial charge in [-0.3, -0.25) is 9.89 Å². The lowest BCUT2D eigenvalue weighted by Gasteiger charge is -2.41. The number of fused-ring (bicyclic) bond motifs is 1. The fourth-order valence-corrected chi connectivity index (χ4v) is 5.62. The Bertz CT molecular complexity index is 1310. The minimum atomic E-state index is -1.11. The molecule has 232 valence electrons. The summed E-state index contributed by atoms with van der Waals surface area (Å²) >= 11 is 1.25. The highest BCUT2D eigenvalue weighted by Gasteiger charge is 2.51. The summed E-state index contributed by atoms with van der Waals surface area (Å²) in [6, 6.07) is 14.4. The van der Waals surface area contributed by atoms with E-state index in [-0.39, 0.29) is 13.2 Å². The van der Waals surface area contributed by atoms with Crippen LogP contribution in [0, 0.1) is 0 Å². The number of aliphatic carboxylic acids is 1. The molecule has 2 aromatic carbocycles. The molecule has 0 unspecified atom stereocenters. The lowest BCUT2D eigenvalue weighted by molar-refractivity contribution is -0.184. The van der Waals surface area contributed by atoms with E-state index < -0.39 is 47.5 Å². The predicted molar refractivity (Wildman–Crippen MR) is 161 cm³/mol. The molecule has 2 aliphatic rings. The van der Waals surface area contributed by atoms with Crippen LogP contribution < -0.4 is 9.47 Å². The Hall–Kier alpha value is -3.58. The highest BCUT2D eigenvalue weighted by atomic mass is 32.2. The van der Waals surface area contributed by atoms with E-state index in [1.165, 1.54) is 22.7 Å². The Morgan fingerprint density at radius 3 is 1.98 bits per heavy atom. The van der Waals surface area contributed by atoms with Crippen LogP contribution in [0.25, 0.3) is 0 Å². The number of benzene rings is 2. The van der Waals surface area contributed by atoms with Crippen molar-refractivity contribution in [2.75, 3.05) is 21.3 Å². The molecule has 0 aliphatic carbocycles. The van der Waals surface area contributed by atoms with Gasteiger partial charge in [0.1, 0.15) is 46.9 Å². The molecule has 1 fully saturated rings. The summed E-state index contributed by atoms with van der Waals surface area (Å²) < 4.78 is 35.3. The number of carboxylic acid groups (broad SMARTS) is 1. The molecule has 4 rings (SSSR count). The van der Waals surface area contributed by atoms with E-state index in [9.17, 15) is 14.7 Å². The van der Waals surface area contributed by atoms with Crippen LogP contribution in [0.2, 0.25) is 0 Å². The third kappa shape index (κ3) is 8.73. The Morgan fingerprint density at radius 1 is 0.953 bits per heavy atom. The molecular weight excluding hydrogens is 576 g/mol. The molecule has 43 heavy (non-hydrogen) atoms. The average Bonchev–Trinajstić information content (AvgIpc) is 3.41. The smallest absolute Gasteiger partial charge is 0.416 e. The van der Waals surface area contributed by atoms with Gasteiger partial charge in [0, 0.05) is 13.1 Å². The summed E-state index contributed by atoms with van der Waals surface area (Å²) in [5.41, 5.74) is 0.531. The van der Waals surface area contributed by atoms with Crippen molar-refractivity contribution in [3.05, 3.63) is 71.8 Å². The lowest BCUT2D eigenvalue weighted by atomic mass is 9.97. The van der Waals surface area contributed by atoms with Gasteiger partial charge in [0.25, 0.3) is 0 Å². The van der Waals surface area contributed by atoms with Gasteiger partial charge in [-0.15, -0.1) is 0 Å². The molecule has 0 bridgehead atoms. The number of carboxylic acids is 1. The van der Waals surface area contributed by atoms with Gasteiger partial charge in [-0.05, 0) is 62.2 Å². The lowest BCUT2D eigenvalue weighted by Crippen LogP contribution is -2.56. The molecule has 0 saturated carbocycles. The predicted octanol–water partition coefficient (Wildman–Crippen LogP) is 4.88. The third-order valence-corrected chi connectivity index (χ3v) is 7.83. The molecule has 5 atom stereocenters.